The quantitative estimate of drug-likeness (QED) is 0.917. The maximum atomic E-state index is 12.6. The molecule has 108 valence electrons. The van der Waals surface area contributed by atoms with Gasteiger partial charge in [0.2, 0.25) is 5.91 Å². The van der Waals surface area contributed by atoms with Gasteiger partial charge in [0.25, 0.3) is 0 Å². The second-order valence-corrected chi connectivity index (χ2v) is 6.36. The first-order valence-corrected chi connectivity index (χ1v) is 7.75. The van der Waals surface area contributed by atoms with Gasteiger partial charge in [-0.1, -0.05) is 38.1 Å². The molecule has 0 aromatic heterocycles. The number of hydrogen-bond acceptors (Lipinski definition) is 2. The minimum atomic E-state index is -0.0180. The van der Waals surface area contributed by atoms with Crippen LogP contribution < -0.4 is 5.32 Å². The molecule has 2 aliphatic rings. The summed E-state index contributed by atoms with van der Waals surface area (Å²) in [5.74, 6) is 1.05. The van der Waals surface area contributed by atoms with E-state index in [1.807, 2.05) is 0 Å². The van der Waals surface area contributed by atoms with Crippen molar-refractivity contribution in [3.8, 4) is 0 Å². The third-order valence-corrected chi connectivity index (χ3v) is 4.82. The zero-order valence-electron chi connectivity index (χ0n) is 12.6. The first-order chi connectivity index (χ1) is 9.61. The van der Waals surface area contributed by atoms with E-state index in [4.69, 9.17) is 0 Å². The fourth-order valence-electron chi connectivity index (χ4n) is 3.55. The van der Waals surface area contributed by atoms with Gasteiger partial charge in [0, 0.05) is 6.04 Å². The summed E-state index contributed by atoms with van der Waals surface area (Å²) in [6, 6.07) is 8.80. The maximum absolute atomic E-state index is 12.6. The Kier molecular flexibility index (Phi) is 3.55. The molecule has 1 heterocycles. The molecule has 1 amide bonds. The molecule has 3 rings (SSSR count). The van der Waals surface area contributed by atoms with E-state index in [9.17, 15) is 4.79 Å². The summed E-state index contributed by atoms with van der Waals surface area (Å²) >= 11 is 0. The molecular formula is C17H24N2O. The van der Waals surface area contributed by atoms with Gasteiger partial charge in [-0.3, -0.25) is 10.1 Å². The Labute approximate surface area is 121 Å². The third-order valence-electron chi connectivity index (χ3n) is 4.82. The van der Waals surface area contributed by atoms with Gasteiger partial charge in [-0.25, -0.2) is 0 Å². The number of nitrogens with zero attached hydrogens (tertiary/aromatic N) is 1. The number of carbonyl (C=O) groups excluding carboxylic acids is 1. The van der Waals surface area contributed by atoms with Gasteiger partial charge in [0.1, 0.15) is 6.17 Å². The summed E-state index contributed by atoms with van der Waals surface area (Å²) < 4.78 is 0. The molecule has 3 heteroatoms. The smallest absolute Gasteiger partial charge is 0.241 e. The van der Waals surface area contributed by atoms with E-state index in [2.05, 4.69) is 55.3 Å². The summed E-state index contributed by atoms with van der Waals surface area (Å²) in [4.78, 5) is 14.8. The molecule has 1 aliphatic carbocycles. The van der Waals surface area contributed by atoms with Crippen molar-refractivity contribution in [2.45, 2.75) is 58.3 Å². The van der Waals surface area contributed by atoms with Crippen LogP contribution in [0.15, 0.2) is 24.3 Å². The van der Waals surface area contributed by atoms with Crippen molar-refractivity contribution in [2.75, 3.05) is 0 Å². The minimum absolute atomic E-state index is 0.0180. The highest BCUT2D eigenvalue weighted by molar-refractivity contribution is 5.85. The van der Waals surface area contributed by atoms with Gasteiger partial charge < -0.3 is 4.90 Å². The lowest BCUT2D eigenvalue weighted by Gasteiger charge is -2.42. The first kappa shape index (κ1) is 13.6. The molecule has 3 nitrogen and oxygen atoms in total. The van der Waals surface area contributed by atoms with Crippen LogP contribution in [0.1, 0.15) is 50.4 Å². The zero-order chi connectivity index (χ0) is 14.3. The predicted molar refractivity (Wildman–Crippen MR) is 80.2 cm³/mol. The average molecular weight is 272 g/mol. The molecule has 1 aliphatic heterocycles. The van der Waals surface area contributed by atoms with E-state index in [0.29, 0.717) is 6.04 Å². The van der Waals surface area contributed by atoms with E-state index < -0.39 is 0 Å². The molecule has 2 unspecified atom stereocenters. The Morgan fingerprint density at radius 3 is 2.60 bits per heavy atom. The lowest BCUT2D eigenvalue weighted by atomic mass is 9.80. The maximum Gasteiger partial charge on any atom is 0.241 e. The van der Waals surface area contributed by atoms with Crippen LogP contribution in [0.25, 0.3) is 0 Å². The van der Waals surface area contributed by atoms with E-state index in [0.717, 1.165) is 25.2 Å². The Bertz CT molecular complexity index is 507. The average Bonchev–Trinajstić information content (AvgIpc) is 2.72. The van der Waals surface area contributed by atoms with Gasteiger partial charge in [0.15, 0.2) is 0 Å². The summed E-state index contributed by atoms with van der Waals surface area (Å²) in [5, 5.41) is 3.54. The topological polar surface area (TPSA) is 32.3 Å². The second-order valence-electron chi connectivity index (χ2n) is 6.36. The van der Waals surface area contributed by atoms with Gasteiger partial charge in [-0.2, -0.15) is 0 Å². The van der Waals surface area contributed by atoms with Crippen LogP contribution in [0.4, 0.5) is 0 Å². The molecule has 0 radical (unpaired) electrons. The number of amides is 1. The van der Waals surface area contributed by atoms with Crippen LogP contribution in [-0.4, -0.2) is 22.9 Å². The van der Waals surface area contributed by atoms with Crippen LogP contribution in [0, 0.1) is 12.8 Å². The van der Waals surface area contributed by atoms with Crippen molar-refractivity contribution in [1.82, 2.24) is 10.2 Å². The number of rotatable bonds is 3. The minimum Gasteiger partial charge on any atom is -0.319 e. The molecular weight excluding hydrogens is 248 g/mol. The summed E-state index contributed by atoms with van der Waals surface area (Å²) in [6.45, 7) is 6.48. The fourth-order valence-corrected chi connectivity index (χ4v) is 3.55. The molecule has 20 heavy (non-hydrogen) atoms. The highest BCUT2D eigenvalue weighted by atomic mass is 16.2. The van der Waals surface area contributed by atoms with Crippen LogP contribution in [0.3, 0.4) is 0 Å². The van der Waals surface area contributed by atoms with Crippen molar-refractivity contribution < 1.29 is 4.79 Å². The molecule has 0 bridgehead atoms. The van der Waals surface area contributed by atoms with E-state index in [1.54, 1.807) is 0 Å². The summed E-state index contributed by atoms with van der Waals surface area (Å²) in [7, 11) is 0. The van der Waals surface area contributed by atoms with Crippen LogP contribution in [-0.2, 0) is 4.79 Å². The van der Waals surface area contributed by atoms with Gasteiger partial charge in [-0.05, 0) is 43.2 Å². The SMILES string of the molecule is CCC1NC(c2ccccc2C)N(C2CC(C)C2)C1=O. The fraction of sp³-hybridized carbons (Fsp3) is 0.588. The second kappa shape index (κ2) is 5.21. The zero-order valence-corrected chi connectivity index (χ0v) is 12.6. The normalized spacial score (nSPS) is 33.4. The monoisotopic (exact) mass is 272 g/mol. The lowest BCUT2D eigenvalue weighted by molar-refractivity contribution is -0.135. The van der Waals surface area contributed by atoms with Crippen molar-refractivity contribution in [2.24, 2.45) is 5.92 Å². The Morgan fingerprint density at radius 2 is 2.00 bits per heavy atom. The van der Waals surface area contributed by atoms with Crippen molar-refractivity contribution >= 4 is 5.91 Å². The first-order valence-electron chi connectivity index (χ1n) is 7.75. The lowest BCUT2D eigenvalue weighted by Crippen LogP contribution is -2.47. The summed E-state index contributed by atoms with van der Waals surface area (Å²) in [6.07, 6.45) is 3.21. The van der Waals surface area contributed by atoms with Crippen LogP contribution in [0.5, 0.6) is 0 Å². The van der Waals surface area contributed by atoms with Gasteiger partial charge in [0.05, 0.1) is 6.04 Å². The number of aryl methyl sites for hydroxylation is 1. The van der Waals surface area contributed by atoms with Crippen molar-refractivity contribution in [3.05, 3.63) is 35.4 Å². The number of benzene rings is 1. The highest BCUT2D eigenvalue weighted by Gasteiger charge is 2.45. The Morgan fingerprint density at radius 1 is 1.30 bits per heavy atom. The molecule has 1 saturated carbocycles. The molecule has 0 spiro atoms. The molecule has 1 aromatic carbocycles. The number of hydrogen-bond donors (Lipinski definition) is 1. The highest BCUT2D eigenvalue weighted by Crippen LogP contribution is 2.39. The van der Waals surface area contributed by atoms with Crippen LogP contribution >= 0.6 is 0 Å². The standard InChI is InChI=1S/C17H24N2O/c1-4-15-17(20)19(13-9-11(2)10-13)16(18-15)14-8-6-5-7-12(14)3/h5-8,11,13,15-16,18H,4,9-10H2,1-3H3. The molecule has 2 atom stereocenters. The van der Waals surface area contributed by atoms with E-state index in [-0.39, 0.29) is 18.1 Å². The molecule has 1 N–H and O–H groups in total. The summed E-state index contributed by atoms with van der Waals surface area (Å²) in [5.41, 5.74) is 2.50. The van der Waals surface area contributed by atoms with E-state index in [1.165, 1.54) is 11.1 Å². The van der Waals surface area contributed by atoms with Gasteiger partial charge in [-0.15, -0.1) is 0 Å². The van der Waals surface area contributed by atoms with Crippen molar-refractivity contribution in [1.29, 1.82) is 0 Å². The van der Waals surface area contributed by atoms with E-state index >= 15 is 0 Å². The Hall–Kier alpha value is -1.35. The molecule has 1 aromatic rings. The van der Waals surface area contributed by atoms with Gasteiger partial charge >= 0.3 is 0 Å². The molecule has 2 fully saturated rings. The number of nitrogens with one attached hydrogen (secondary N) is 1. The van der Waals surface area contributed by atoms with Crippen LogP contribution in [0.2, 0.25) is 0 Å². The largest absolute Gasteiger partial charge is 0.319 e. The van der Waals surface area contributed by atoms with Crippen molar-refractivity contribution in [3.63, 3.8) is 0 Å². The Balaban J connectivity index is 1.91. The number of carbonyl (C=O) groups is 1. The third kappa shape index (κ3) is 2.14. The predicted octanol–water partition coefficient (Wildman–Crippen LogP) is 3.00. The molecule has 1 saturated heterocycles.